The van der Waals surface area contributed by atoms with Crippen molar-refractivity contribution in [1.29, 1.82) is 0 Å². The molecule has 128 valence electrons. The first-order chi connectivity index (χ1) is 12.0. The summed E-state index contributed by atoms with van der Waals surface area (Å²) in [6, 6.07) is 10.7. The fourth-order valence-corrected chi connectivity index (χ4v) is 2.95. The molecule has 0 bridgehead atoms. The summed E-state index contributed by atoms with van der Waals surface area (Å²) in [6.07, 6.45) is 1.74. The average molecular weight is 404 g/mol. The van der Waals surface area contributed by atoms with E-state index in [0.29, 0.717) is 27.1 Å². The molecule has 0 fully saturated rings. The Morgan fingerprint density at radius 1 is 1.28 bits per heavy atom. The molecule has 25 heavy (non-hydrogen) atoms. The van der Waals surface area contributed by atoms with Crippen LogP contribution in [0.25, 0.3) is 11.6 Å². The number of anilines is 1. The minimum Gasteiger partial charge on any atom is -0.493 e. The number of carbonyl (C=O) groups is 2. The van der Waals surface area contributed by atoms with E-state index in [0.717, 1.165) is 11.3 Å². The van der Waals surface area contributed by atoms with Crippen molar-refractivity contribution in [3.8, 4) is 11.5 Å². The number of halogens is 1. The van der Waals surface area contributed by atoms with Gasteiger partial charge in [0.25, 0.3) is 5.91 Å². The minimum absolute atomic E-state index is 0.182. The number of amides is 1. The minimum atomic E-state index is -1.08. The van der Waals surface area contributed by atoms with Crippen molar-refractivity contribution in [3.63, 3.8) is 0 Å². The van der Waals surface area contributed by atoms with Gasteiger partial charge in [-0.1, -0.05) is 34.1 Å². The highest BCUT2D eigenvalue weighted by molar-refractivity contribution is 9.10. The highest BCUT2D eigenvalue weighted by Crippen LogP contribution is 2.38. The van der Waals surface area contributed by atoms with Crippen molar-refractivity contribution < 1.29 is 24.2 Å². The van der Waals surface area contributed by atoms with Crippen molar-refractivity contribution in [2.45, 2.75) is 0 Å². The predicted octanol–water partition coefficient (Wildman–Crippen LogP) is 3.41. The number of carboxylic acids is 1. The molecule has 2 aromatic rings. The Kier molecular flexibility index (Phi) is 4.76. The van der Waals surface area contributed by atoms with Gasteiger partial charge in [-0.2, -0.15) is 0 Å². The van der Waals surface area contributed by atoms with Crippen molar-refractivity contribution >= 4 is 45.1 Å². The quantitative estimate of drug-likeness (QED) is 0.747. The van der Waals surface area contributed by atoms with Gasteiger partial charge in [0, 0.05) is 21.3 Å². The summed E-state index contributed by atoms with van der Waals surface area (Å²) in [5.74, 6) is -0.583. The number of hydrogen-bond acceptors (Lipinski definition) is 4. The smallest absolute Gasteiger partial charge is 0.341 e. The maximum absolute atomic E-state index is 12.2. The van der Waals surface area contributed by atoms with Crippen LogP contribution < -0.4 is 14.8 Å². The molecule has 0 aromatic heterocycles. The normalized spacial score (nSPS) is 14.2. The Labute approximate surface area is 152 Å². The summed E-state index contributed by atoms with van der Waals surface area (Å²) in [4.78, 5) is 22.9. The molecule has 1 heterocycles. The predicted molar refractivity (Wildman–Crippen MR) is 96.8 cm³/mol. The molecule has 0 unspecified atom stereocenters. The van der Waals surface area contributed by atoms with Gasteiger partial charge in [0.05, 0.1) is 7.11 Å². The number of carbonyl (C=O) groups excluding carboxylic acids is 1. The van der Waals surface area contributed by atoms with Crippen LogP contribution in [0.1, 0.15) is 11.1 Å². The first kappa shape index (κ1) is 17.0. The number of para-hydroxylation sites is 1. The van der Waals surface area contributed by atoms with Gasteiger partial charge in [0.15, 0.2) is 18.1 Å². The largest absolute Gasteiger partial charge is 0.493 e. The van der Waals surface area contributed by atoms with Crippen molar-refractivity contribution in [2.75, 3.05) is 19.0 Å². The lowest BCUT2D eigenvalue weighted by Gasteiger charge is -2.12. The number of hydrogen-bond donors (Lipinski definition) is 2. The number of aliphatic carboxylic acids is 1. The summed E-state index contributed by atoms with van der Waals surface area (Å²) in [6.45, 7) is -0.473. The van der Waals surface area contributed by atoms with Crippen LogP contribution in [0.3, 0.4) is 0 Å². The molecule has 0 spiro atoms. The zero-order valence-corrected chi connectivity index (χ0v) is 14.8. The summed E-state index contributed by atoms with van der Waals surface area (Å²) < 4.78 is 11.1. The van der Waals surface area contributed by atoms with Gasteiger partial charge in [-0.05, 0) is 29.8 Å². The SMILES string of the molecule is COc1cc(/C=C2\C(=O)Nc3ccccc32)c(Br)cc1OCC(=O)O. The second kappa shape index (κ2) is 6.98. The summed E-state index contributed by atoms with van der Waals surface area (Å²) in [5.41, 5.74) is 2.84. The molecule has 0 saturated carbocycles. The molecule has 0 atom stereocenters. The number of nitrogens with one attached hydrogen (secondary N) is 1. The third kappa shape index (κ3) is 3.51. The molecule has 6 nitrogen and oxygen atoms in total. The summed E-state index contributed by atoms with van der Waals surface area (Å²) in [5, 5.41) is 11.6. The van der Waals surface area contributed by atoms with Crippen LogP contribution in [0.5, 0.6) is 11.5 Å². The van der Waals surface area contributed by atoms with E-state index in [1.807, 2.05) is 24.3 Å². The van der Waals surface area contributed by atoms with Crippen LogP contribution in [0.4, 0.5) is 5.69 Å². The molecule has 1 amide bonds. The number of carboxylic acid groups (broad SMARTS) is 1. The summed E-state index contributed by atoms with van der Waals surface area (Å²) >= 11 is 3.43. The number of benzene rings is 2. The molecule has 1 aliphatic heterocycles. The molecule has 7 heteroatoms. The molecule has 0 aliphatic carbocycles. The van der Waals surface area contributed by atoms with Crippen LogP contribution in [0, 0.1) is 0 Å². The topological polar surface area (TPSA) is 84.9 Å². The van der Waals surface area contributed by atoms with Crippen molar-refractivity contribution in [1.82, 2.24) is 0 Å². The van der Waals surface area contributed by atoms with E-state index in [1.54, 1.807) is 18.2 Å². The summed E-state index contributed by atoms with van der Waals surface area (Å²) in [7, 11) is 1.46. The van der Waals surface area contributed by atoms with Crippen LogP contribution in [0.2, 0.25) is 0 Å². The van der Waals surface area contributed by atoms with Crippen molar-refractivity contribution in [2.24, 2.45) is 0 Å². The highest BCUT2D eigenvalue weighted by Gasteiger charge is 2.24. The van der Waals surface area contributed by atoms with Gasteiger partial charge in [0.2, 0.25) is 0 Å². The Hall–Kier alpha value is -2.80. The second-order valence-electron chi connectivity index (χ2n) is 5.26. The number of ether oxygens (including phenoxy) is 2. The number of methoxy groups -OCH3 is 1. The zero-order valence-electron chi connectivity index (χ0n) is 13.2. The van der Waals surface area contributed by atoms with E-state index in [-0.39, 0.29) is 5.91 Å². The molecule has 1 aliphatic rings. The molecular formula is C18H14BrNO5. The van der Waals surface area contributed by atoms with E-state index >= 15 is 0 Å². The van der Waals surface area contributed by atoms with Gasteiger partial charge in [-0.3, -0.25) is 4.79 Å². The maximum atomic E-state index is 12.2. The van der Waals surface area contributed by atoms with Crippen LogP contribution in [0.15, 0.2) is 40.9 Å². The van der Waals surface area contributed by atoms with E-state index in [2.05, 4.69) is 21.2 Å². The maximum Gasteiger partial charge on any atom is 0.341 e. The molecule has 0 radical (unpaired) electrons. The zero-order chi connectivity index (χ0) is 18.0. The Morgan fingerprint density at radius 3 is 2.76 bits per heavy atom. The van der Waals surface area contributed by atoms with Gasteiger partial charge in [-0.15, -0.1) is 0 Å². The first-order valence-corrected chi connectivity index (χ1v) is 8.13. The Balaban J connectivity index is 2.01. The number of rotatable bonds is 5. The highest BCUT2D eigenvalue weighted by atomic mass is 79.9. The van der Waals surface area contributed by atoms with Gasteiger partial charge < -0.3 is 19.9 Å². The monoisotopic (exact) mass is 403 g/mol. The van der Waals surface area contributed by atoms with Gasteiger partial charge in [-0.25, -0.2) is 4.79 Å². The second-order valence-corrected chi connectivity index (χ2v) is 6.12. The van der Waals surface area contributed by atoms with E-state index in [9.17, 15) is 9.59 Å². The fourth-order valence-electron chi connectivity index (χ4n) is 2.51. The molecule has 3 rings (SSSR count). The molecule has 2 aromatic carbocycles. The Morgan fingerprint density at radius 2 is 2.04 bits per heavy atom. The number of fused-ring (bicyclic) bond motifs is 1. The first-order valence-electron chi connectivity index (χ1n) is 7.34. The van der Waals surface area contributed by atoms with Crippen molar-refractivity contribution in [3.05, 3.63) is 52.0 Å². The van der Waals surface area contributed by atoms with Crippen LogP contribution >= 0.6 is 15.9 Å². The third-order valence-corrected chi connectivity index (χ3v) is 4.33. The lowest BCUT2D eigenvalue weighted by atomic mass is 10.0. The lowest BCUT2D eigenvalue weighted by molar-refractivity contribution is -0.139. The average Bonchev–Trinajstić information content (AvgIpc) is 2.90. The third-order valence-electron chi connectivity index (χ3n) is 3.64. The van der Waals surface area contributed by atoms with E-state index in [4.69, 9.17) is 14.6 Å². The molecule has 2 N–H and O–H groups in total. The van der Waals surface area contributed by atoms with Crippen LogP contribution in [-0.2, 0) is 9.59 Å². The standard InChI is InChI=1S/C18H14BrNO5/c1-24-15-7-10(13(19)8-16(15)25-9-17(21)22)6-12-11-4-2-3-5-14(11)20-18(12)23/h2-8H,9H2,1H3,(H,20,23)(H,21,22)/b12-6-. The molecule has 0 saturated heterocycles. The van der Waals surface area contributed by atoms with E-state index < -0.39 is 12.6 Å². The van der Waals surface area contributed by atoms with Crippen LogP contribution in [-0.4, -0.2) is 30.7 Å². The van der Waals surface area contributed by atoms with Gasteiger partial charge in [0.1, 0.15) is 0 Å². The lowest BCUT2D eigenvalue weighted by Crippen LogP contribution is -2.10. The fraction of sp³-hybridized carbons (Fsp3) is 0.111. The Bertz CT molecular complexity index is 891. The van der Waals surface area contributed by atoms with E-state index in [1.165, 1.54) is 7.11 Å². The molecular weight excluding hydrogens is 390 g/mol. The van der Waals surface area contributed by atoms with Gasteiger partial charge >= 0.3 is 5.97 Å².